The van der Waals surface area contributed by atoms with Gasteiger partial charge >= 0.3 is 6.18 Å². The van der Waals surface area contributed by atoms with Crippen molar-refractivity contribution in [2.24, 2.45) is 0 Å². The van der Waals surface area contributed by atoms with Crippen molar-refractivity contribution in [1.82, 2.24) is 10.2 Å². The number of anilines is 2. The molecule has 134 valence electrons. The first kappa shape index (κ1) is 18.8. The van der Waals surface area contributed by atoms with Gasteiger partial charge in [-0.05, 0) is 37.4 Å². The summed E-state index contributed by atoms with van der Waals surface area (Å²) in [6, 6.07) is 11.6. The Balaban J connectivity index is 2.25. The van der Waals surface area contributed by atoms with Crippen LogP contribution in [0.15, 0.2) is 48.5 Å². The Bertz CT molecular complexity index is 732. The highest BCUT2D eigenvalue weighted by Crippen LogP contribution is 2.32. The smallest absolute Gasteiger partial charge is 0.355 e. The minimum absolute atomic E-state index is 0.203. The van der Waals surface area contributed by atoms with Crippen LogP contribution in [0.4, 0.5) is 24.5 Å². The molecule has 0 unspecified atom stereocenters. The second-order valence-corrected chi connectivity index (χ2v) is 5.58. The van der Waals surface area contributed by atoms with Gasteiger partial charge in [0.2, 0.25) is 0 Å². The maximum absolute atomic E-state index is 12.8. The maximum Gasteiger partial charge on any atom is 0.416 e. The Hall–Kier alpha value is -2.54. The average Bonchev–Trinajstić information content (AvgIpc) is 2.59. The number of para-hydroxylation sites is 1. The third-order valence-electron chi connectivity index (χ3n) is 3.67. The van der Waals surface area contributed by atoms with E-state index in [1.165, 1.54) is 12.1 Å². The molecule has 0 saturated heterocycles. The van der Waals surface area contributed by atoms with Gasteiger partial charge in [-0.3, -0.25) is 4.79 Å². The number of likely N-dealkylation sites (N-methyl/N-ethyl adjacent to an activating group) is 2. The fourth-order valence-electron chi connectivity index (χ4n) is 2.29. The van der Waals surface area contributed by atoms with Gasteiger partial charge in [-0.25, -0.2) is 0 Å². The van der Waals surface area contributed by atoms with Gasteiger partial charge in [0.1, 0.15) is 0 Å². The SMILES string of the molecule is CNCCN(C)C(=O)c1ccccc1Nc1cccc(C(F)(F)F)c1. The van der Waals surface area contributed by atoms with Crippen molar-refractivity contribution in [3.05, 3.63) is 59.7 Å². The first-order valence-corrected chi connectivity index (χ1v) is 7.76. The molecule has 25 heavy (non-hydrogen) atoms. The average molecular weight is 351 g/mol. The zero-order chi connectivity index (χ0) is 18.4. The Kier molecular flexibility index (Phi) is 6.03. The number of alkyl halides is 3. The fourth-order valence-corrected chi connectivity index (χ4v) is 2.29. The quantitative estimate of drug-likeness (QED) is 0.833. The molecule has 0 aromatic heterocycles. The van der Waals surface area contributed by atoms with Crippen LogP contribution in [0.5, 0.6) is 0 Å². The zero-order valence-electron chi connectivity index (χ0n) is 14.0. The summed E-state index contributed by atoms with van der Waals surface area (Å²) >= 11 is 0. The van der Waals surface area contributed by atoms with Crippen molar-refractivity contribution in [3.63, 3.8) is 0 Å². The van der Waals surface area contributed by atoms with Crippen LogP contribution in [0.3, 0.4) is 0 Å². The van der Waals surface area contributed by atoms with Crippen LogP contribution in [0, 0.1) is 0 Å². The topological polar surface area (TPSA) is 44.4 Å². The molecule has 2 aromatic carbocycles. The number of hydrogen-bond donors (Lipinski definition) is 2. The molecule has 0 radical (unpaired) electrons. The largest absolute Gasteiger partial charge is 0.416 e. The molecular weight excluding hydrogens is 331 g/mol. The summed E-state index contributed by atoms with van der Waals surface area (Å²) in [6.07, 6.45) is -4.42. The van der Waals surface area contributed by atoms with Crippen molar-refractivity contribution < 1.29 is 18.0 Å². The number of carbonyl (C=O) groups excluding carboxylic acids is 1. The van der Waals surface area contributed by atoms with Gasteiger partial charge in [-0.2, -0.15) is 13.2 Å². The third kappa shape index (κ3) is 4.96. The van der Waals surface area contributed by atoms with Gasteiger partial charge in [0.15, 0.2) is 0 Å². The molecule has 2 rings (SSSR count). The van der Waals surface area contributed by atoms with Crippen LogP contribution >= 0.6 is 0 Å². The summed E-state index contributed by atoms with van der Waals surface area (Å²) < 4.78 is 38.5. The Labute approximate surface area is 144 Å². The van der Waals surface area contributed by atoms with E-state index >= 15 is 0 Å². The van der Waals surface area contributed by atoms with Crippen LogP contribution in [0.25, 0.3) is 0 Å². The number of rotatable bonds is 6. The molecule has 0 fully saturated rings. The summed E-state index contributed by atoms with van der Waals surface area (Å²) in [6.45, 7) is 1.17. The minimum Gasteiger partial charge on any atom is -0.355 e. The fraction of sp³-hybridized carbons (Fsp3) is 0.278. The maximum atomic E-state index is 12.8. The lowest BCUT2D eigenvalue weighted by molar-refractivity contribution is -0.137. The molecule has 2 aromatic rings. The Morgan fingerprint density at radius 3 is 2.52 bits per heavy atom. The lowest BCUT2D eigenvalue weighted by Gasteiger charge is -2.19. The van der Waals surface area contributed by atoms with E-state index in [-0.39, 0.29) is 11.6 Å². The Morgan fingerprint density at radius 1 is 1.12 bits per heavy atom. The van der Waals surface area contributed by atoms with E-state index in [1.54, 1.807) is 43.3 Å². The van der Waals surface area contributed by atoms with E-state index in [1.807, 2.05) is 0 Å². The van der Waals surface area contributed by atoms with Crippen LogP contribution in [-0.4, -0.2) is 38.0 Å². The molecule has 0 spiro atoms. The highest BCUT2D eigenvalue weighted by Gasteiger charge is 2.30. The van der Waals surface area contributed by atoms with Gasteiger partial charge in [0.05, 0.1) is 16.8 Å². The normalized spacial score (nSPS) is 11.2. The highest BCUT2D eigenvalue weighted by molar-refractivity contribution is 6.00. The second kappa shape index (κ2) is 8.02. The van der Waals surface area contributed by atoms with E-state index in [2.05, 4.69) is 10.6 Å². The molecule has 0 aliphatic rings. The molecule has 7 heteroatoms. The van der Waals surface area contributed by atoms with E-state index in [0.29, 0.717) is 24.3 Å². The number of hydrogen-bond acceptors (Lipinski definition) is 3. The summed E-state index contributed by atoms with van der Waals surface area (Å²) in [4.78, 5) is 14.1. The molecule has 4 nitrogen and oxygen atoms in total. The lowest BCUT2D eigenvalue weighted by Crippen LogP contribution is -2.33. The molecule has 2 N–H and O–H groups in total. The number of amides is 1. The predicted molar refractivity (Wildman–Crippen MR) is 92.1 cm³/mol. The number of benzene rings is 2. The van der Waals surface area contributed by atoms with Crippen LogP contribution < -0.4 is 10.6 Å². The first-order chi connectivity index (χ1) is 11.8. The van der Waals surface area contributed by atoms with E-state index in [0.717, 1.165) is 12.1 Å². The molecule has 0 heterocycles. The molecular formula is C18H20F3N3O. The highest BCUT2D eigenvalue weighted by atomic mass is 19.4. The Morgan fingerprint density at radius 2 is 1.84 bits per heavy atom. The number of halogens is 3. The first-order valence-electron chi connectivity index (χ1n) is 7.76. The van der Waals surface area contributed by atoms with E-state index in [4.69, 9.17) is 0 Å². The summed E-state index contributed by atoms with van der Waals surface area (Å²) in [5.74, 6) is -0.203. The van der Waals surface area contributed by atoms with Crippen LogP contribution in [0.1, 0.15) is 15.9 Å². The molecule has 0 saturated carbocycles. The molecule has 1 amide bonds. The van der Waals surface area contributed by atoms with E-state index in [9.17, 15) is 18.0 Å². The standard InChI is InChI=1S/C18H20F3N3O/c1-22-10-11-24(2)17(25)15-8-3-4-9-16(15)23-14-7-5-6-13(12-14)18(19,20)21/h3-9,12,22-23H,10-11H2,1-2H3. The molecule has 0 aliphatic heterocycles. The van der Waals surface area contributed by atoms with Gasteiger partial charge in [-0.1, -0.05) is 18.2 Å². The second-order valence-electron chi connectivity index (χ2n) is 5.58. The van der Waals surface area contributed by atoms with Crippen molar-refractivity contribution in [3.8, 4) is 0 Å². The molecule has 0 aliphatic carbocycles. The van der Waals surface area contributed by atoms with Crippen LogP contribution in [-0.2, 0) is 6.18 Å². The van der Waals surface area contributed by atoms with Gasteiger partial charge in [0, 0.05) is 25.8 Å². The van der Waals surface area contributed by atoms with Crippen molar-refractivity contribution in [1.29, 1.82) is 0 Å². The number of carbonyl (C=O) groups is 1. The van der Waals surface area contributed by atoms with Crippen molar-refractivity contribution >= 4 is 17.3 Å². The summed E-state index contributed by atoms with van der Waals surface area (Å²) in [7, 11) is 3.47. The third-order valence-corrected chi connectivity index (χ3v) is 3.67. The predicted octanol–water partition coefficient (Wildman–Crippen LogP) is 3.74. The van der Waals surface area contributed by atoms with E-state index < -0.39 is 11.7 Å². The van der Waals surface area contributed by atoms with Crippen molar-refractivity contribution in [2.75, 3.05) is 32.5 Å². The van der Waals surface area contributed by atoms with Gasteiger partial charge in [-0.15, -0.1) is 0 Å². The number of nitrogens with one attached hydrogen (secondary N) is 2. The zero-order valence-corrected chi connectivity index (χ0v) is 14.0. The van der Waals surface area contributed by atoms with Crippen LogP contribution in [0.2, 0.25) is 0 Å². The summed E-state index contributed by atoms with van der Waals surface area (Å²) in [5, 5.41) is 5.88. The number of nitrogens with zero attached hydrogens (tertiary/aromatic N) is 1. The molecule has 0 bridgehead atoms. The monoisotopic (exact) mass is 351 g/mol. The summed E-state index contributed by atoms with van der Waals surface area (Å²) in [5.41, 5.74) is 0.391. The van der Waals surface area contributed by atoms with Gasteiger partial charge < -0.3 is 15.5 Å². The van der Waals surface area contributed by atoms with Gasteiger partial charge in [0.25, 0.3) is 5.91 Å². The minimum atomic E-state index is -4.42. The van der Waals surface area contributed by atoms with Crippen molar-refractivity contribution in [2.45, 2.75) is 6.18 Å². The lowest BCUT2D eigenvalue weighted by atomic mass is 10.1. The molecule has 0 atom stereocenters.